The van der Waals surface area contributed by atoms with E-state index in [2.05, 4.69) is 37.8 Å². The highest BCUT2D eigenvalue weighted by molar-refractivity contribution is 4.89. The van der Waals surface area contributed by atoms with E-state index in [1.807, 2.05) is 0 Å². The van der Waals surface area contributed by atoms with Gasteiger partial charge in [0.2, 0.25) is 0 Å². The van der Waals surface area contributed by atoms with Gasteiger partial charge in [0.15, 0.2) is 0 Å². The van der Waals surface area contributed by atoms with Crippen LogP contribution in [0.3, 0.4) is 0 Å². The van der Waals surface area contributed by atoms with Gasteiger partial charge in [0.1, 0.15) is 0 Å². The predicted molar refractivity (Wildman–Crippen MR) is 55.9 cm³/mol. The first-order chi connectivity index (χ1) is 6.11. The first kappa shape index (κ1) is 10.7. The molecule has 1 aliphatic heterocycles. The predicted octanol–water partition coefficient (Wildman–Crippen LogP) is 2.06. The van der Waals surface area contributed by atoms with E-state index in [4.69, 9.17) is 4.74 Å². The quantitative estimate of drug-likeness (QED) is 0.533. The van der Waals surface area contributed by atoms with Crippen molar-refractivity contribution in [2.45, 2.75) is 32.7 Å². The molecule has 76 valence electrons. The fourth-order valence-corrected chi connectivity index (χ4v) is 1.48. The molecule has 0 aromatic carbocycles. The molecule has 0 aromatic heterocycles. The average molecular weight is 183 g/mol. The van der Waals surface area contributed by atoms with Crippen LogP contribution in [0.1, 0.15) is 27.2 Å². The minimum absolute atomic E-state index is 0.272. The number of hydrogen-bond acceptors (Lipinski definition) is 2. The molecule has 0 radical (unpaired) electrons. The van der Waals surface area contributed by atoms with E-state index in [1.54, 1.807) is 0 Å². The molecule has 13 heavy (non-hydrogen) atoms. The van der Waals surface area contributed by atoms with E-state index in [0.29, 0.717) is 0 Å². The van der Waals surface area contributed by atoms with Crippen LogP contribution in [0, 0.1) is 0 Å². The average Bonchev–Trinajstić information content (AvgIpc) is 2.14. The largest absolute Gasteiger partial charge is 0.377 e. The van der Waals surface area contributed by atoms with E-state index >= 15 is 0 Å². The van der Waals surface area contributed by atoms with Crippen molar-refractivity contribution in [3.8, 4) is 0 Å². The Kier molecular flexibility index (Phi) is 3.94. The van der Waals surface area contributed by atoms with E-state index < -0.39 is 0 Å². The molecule has 0 spiro atoms. The normalized spacial score (nSPS) is 24.5. The van der Waals surface area contributed by atoms with Crippen LogP contribution in [0.2, 0.25) is 0 Å². The molecule has 0 amide bonds. The lowest BCUT2D eigenvalue weighted by Gasteiger charge is -2.34. The van der Waals surface area contributed by atoms with Gasteiger partial charge in [-0.3, -0.25) is 4.90 Å². The summed E-state index contributed by atoms with van der Waals surface area (Å²) in [5.74, 6) is 0. The van der Waals surface area contributed by atoms with Crippen molar-refractivity contribution in [3.05, 3.63) is 12.2 Å². The summed E-state index contributed by atoms with van der Waals surface area (Å²) in [6.45, 7) is 10.6. The standard InChI is InChI=1S/C11H21NO/c1-11(2,3)12-7-4-5-9-13-10-6-8-12/h4-5H,6-10H2,1-3H3/b5-4-. The van der Waals surface area contributed by atoms with Gasteiger partial charge in [0.25, 0.3) is 0 Å². The van der Waals surface area contributed by atoms with Crippen molar-refractivity contribution in [2.75, 3.05) is 26.3 Å². The maximum absolute atomic E-state index is 5.40. The summed E-state index contributed by atoms with van der Waals surface area (Å²) < 4.78 is 5.40. The Bertz CT molecular complexity index is 169. The van der Waals surface area contributed by atoms with Gasteiger partial charge in [0.05, 0.1) is 6.61 Å². The molecule has 1 rings (SSSR count). The van der Waals surface area contributed by atoms with Gasteiger partial charge in [-0.1, -0.05) is 12.2 Å². The van der Waals surface area contributed by atoms with Crippen molar-refractivity contribution in [1.82, 2.24) is 4.90 Å². The van der Waals surface area contributed by atoms with Crippen LogP contribution in [-0.2, 0) is 4.74 Å². The highest BCUT2D eigenvalue weighted by atomic mass is 16.5. The molecule has 0 saturated carbocycles. The minimum atomic E-state index is 0.272. The number of nitrogens with zero attached hydrogens (tertiary/aromatic N) is 1. The summed E-state index contributed by atoms with van der Waals surface area (Å²) in [7, 11) is 0. The molecule has 1 aliphatic rings. The molecule has 0 aromatic rings. The van der Waals surface area contributed by atoms with Crippen LogP contribution in [0.15, 0.2) is 12.2 Å². The van der Waals surface area contributed by atoms with Crippen molar-refractivity contribution in [1.29, 1.82) is 0 Å². The van der Waals surface area contributed by atoms with Gasteiger partial charge in [-0.05, 0) is 27.2 Å². The van der Waals surface area contributed by atoms with Crippen LogP contribution in [-0.4, -0.2) is 36.7 Å². The molecule has 0 N–H and O–H groups in total. The molecule has 0 unspecified atom stereocenters. The first-order valence-electron chi connectivity index (χ1n) is 5.08. The van der Waals surface area contributed by atoms with Crippen LogP contribution < -0.4 is 0 Å². The third kappa shape index (κ3) is 3.92. The van der Waals surface area contributed by atoms with Crippen LogP contribution in [0.25, 0.3) is 0 Å². The van der Waals surface area contributed by atoms with Crippen molar-refractivity contribution < 1.29 is 4.74 Å². The number of rotatable bonds is 0. The second-order valence-corrected chi connectivity index (χ2v) is 4.52. The molecule has 0 aliphatic carbocycles. The fourth-order valence-electron chi connectivity index (χ4n) is 1.48. The highest BCUT2D eigenvalue weighted by Gasteiger charge is 2.19. The molecule has 0 fully saturated rings. The number of ether oxygens (including phenoxy) is 1. The van der Waals surface area contributed by atoms with Crippen LogP contribution in [0.5, 0.6) is 0 Å². The molecule has 2 heteroatoms. The monoisotopic (exact) mass is 183 g/mol. The lowest BCUT2D eigenvalue weighted by atomic mass is 10.1. The first-order valence-corrected chi connectivity index (χ1v) is 5.08. The molecule has 2 nitrogen and oxygen atoms in total. The van der Waals surface area contributed by atoms with E-state index in [0.717, 1.165) is 32.7 Å². The van der Waals surface area contributed by atoms with Gasteiger partial charge < -0.3 is 4.74 Å². The zero-order valence-corrected chi connectivity index (χ0v) is 9.05. The second kappa shape index (κ2) is 4.77. The zero-order valence-electron chi connectivity index (χ0n) is 9.05. The summed E-state index contributed by atoms with van der Waals surface area (Å²) in [5.41, 5.74) is 0.272. The Balaban J connectivity index is 2.51. The van der Waals surface area contributed by atoms with Crippen LogP contribution >= 0.6 is 0 Å². The van der Waals surface area contributed by atoms with E-state index in [-0.39, 0.29) is 5.54 Å². The Morgan fingerprint density at radius 2 is 2.00 bits per heavy atom. The van der Waals surface area contributed by atoms with E-state index in [1.165, 1.54) is 0 Å². The minimum Gasteiger partial charge on any atom is -0.377 e. The van der Waals surface area contributed by atoms with Gasteiger partial charge in [-0.25, -0.2) is 0 Å². The van der Waals surface area contributed by atoms with Gasteiger partial charge >= 0.3 is 0 Å². The second-order valence-electron chi connectivity index (χ2n) is 4.52. The summed E-state index contributed by atoms with van der Waals surface area (Å²) in [4.78, 5) is 2.48. The van der Waals surface area contributed by atoms with Crippen molar-refractivity contribution in [2.24, 2.45) is 0 Å². The Labute approximate surface area is 81.6 Å². The SMILES string of the molecule is CC(C)(C)N1C/C=C\COCCC1. The molecular formula is C11H21NO. The summed E-state index contributed by atoms with van der Waals surface area (Å²) >= 11 is 0. The smallest absolute Gasteiger partial charge is 0.0647 e. The maximum atomic E-state index is 5.40. The summed E-state index contributed by atoms with van der Waals surface area (Å²) in [5, 5.41) is 0. The molecular weight excluding hydrogens is 162 g/mol. The van der Waals surface area contributed by atoms with Crippen LogP contribution in [0.4, 0.5) is 0 Å². The molecule has 0 bridgehead atoms. The maximum Gasteiger partial charge on any atom is 0.0647 e. The van der Waals surface area contributed by atoms with Crippen molar-refractivity contribution in [3.63, 3.8) is 0 Å². The van der Waals surface area contributed by atoms with Gasteiger partial charge in [-0.15, -0.1) is 0 Å². The Morgan fingerprint density at radius 1 is 1.23 bits per heavy atom. The topological polar surface area (TPSA) is 12.5 Å². The third-order valence-electron chi connectivity index (χ3n) is 2.37. The number of hydrogen-bond donors (Lipinski definition) is 0. The fraction of sp³-hybridized carbons (Fsp3) is 0.818. The Morgan fingerprint density at radius 3 is 2.69 bits per heavy atom. The van der Waals surface area contributed by atoms with Crippen molar-refractivity contribution >= 4 is 0 Å². The molecule has 0 saturated heterocycles. The Hall–Kier alpha value is -0.340. The zero-order chi connectivity index (χ0) is 9.73. The van der Waals surface area contributed by atoms with E-state index in [9.17, 15) is 0 Å². The lowest BCUT2D eigenvalue weighted by molar-refractivity contribution is 0.119. The highest BCUT2D eigenvalue weighted by Crippen LogP contribution is 2.13. The lowest BCUT2D eigenvalue weighted by Crippen LogP contribution is -2.42. The molecule has 0 atom stereocenters. The van der Waals surface area contributed by atoms with Gasteiger partial charge in [-0.2, -0.15) is 0 Å². The third-order valence-corrected chi connectivity index (χ3v) is 2.37. The van der Waals surface area contributed by atoms with Gasteiger partial charge in [0, 0.05) is 25.2 Å². The molecule has 1 heterocycles. The summed E-state index contributed by atoms with van der Waals surface area (Å²) in [6, 6.07) is 0. The summed E-state index contributed by atoms with van der Waals surface area (Å²) in [6.07, 6.45) is 5.46.